The summed E-state index contributed by atoms with van der Waals surface area (Å²) in [5, 5.41) is 5.51. The van der Waals surface area contributed by atoms with E-state index in [1.807, 2.05) is 52.8 Å². The lowest BCUT2D eigenvalue weighted by atomic mass is 9.93. The van der Waals surface area contributed by atoms with Crippen molar-refractivity contribution in [3.63, 3.8) is 0 Å². The van der Waals surface area contributed by atoms with Crippen LogP contribution in [0.1, 0.15) is 30.6 Å². The highest BCUT2D eigenvalue weighted by molar-refractivity contribution is 8.16. The standard InChI is InChI=1S/C26H28N4O5S/c1-17-23(25(32)35-12-11-33-2)24(18-7-6-9-21(13-18)34-3)30-20(16-36-26(30)29-17)14-22(31)28-15-19-8-4-5-10-27-19/h4-10,13,16,24H,11-12,14-15H2,1-3H3,(H,28,31). The molecule has 4 rings (SSSR count). The molecule has 188 valence electrons. The number of hydrogen-bond acceptors (Lipinski definition) is 9. The number of carbonyl (C=O) groups excluding carboxylic acids is 2. The molecule has 0 saturated carbocycles. The van der Waals surface area contributed by atoms with E-state index in [-0.39, 0.29) is 25.5 Å². The number of hydrogen-bond donors (Lipinski definition) is 1. The summed E-state index contributed by atoms with van der Waals surface area (Å²) < 4.78 is 16.0. The molecule has 1 amide bonds. The molecule has 2 aliphatic rings. The maximum Gasteiger partial charge on any atom is 0.338 e. The van der Waals surface area contributed by atoms with Crippen molar-refractivity contribution in [2.45, 2.75) is 25.9 Å². The van der Waals surface area contributed by atoms with Crippen LogP contribution in [0, 0.1) is 0 Å². The number of methoxy groups -OCH3 is 2. The summed E-state index contributed by atoms with van der Waals surface area (Å²) in [5.41, 5.74) is 3.31. The molecule has 1 unspecified atom stereocenters. The number of benzene rings is 1. The number of rotatable bonds is 10. The first kappa shape index (κ1) is 25.5. The second kappa shape index (κ2) is 11.9. The number of ether oxygens (including phenoxy) is 3. The van der Waals surface area contributed by atoms with E-state index in [1.165, 1.54) is 11.8 Å². The molecule has 1 aromatic carbocycles. The van der Waals surface area contributed by atoms with Gasteiger partial charge >= 0.3 is 5.97 Å². The molecule has 0 aliphatic carbocycles. The first-order chi connectivity index (χ1) is 17.5. The van der Waals surface area contributed by atoms with Gasteiger partial charge in [-0.25, -0.2) is 9.79 Å². The summed E-state index contributed by atoms with van der Waals surface area (Å²) in [6.45, 7) is 2.54. The number of amidine groups is 1. The van der Waals surface area contributed by atoms with Crippen molar-refractivity contribution in [2.24, 2.45) is 4.99 Å². The number of fused-ring (bicyclic) bond motifs is 1. The molecule has 2 aromatic rings. The van der Waals surface area contributed by atoms with E-state index in [2.05, 4.69) is 15.3 Å². The number of aliphatic imine (C=N–C) groups is 1. The van der Waals surface area contributed by atoms with Gasteiger partial charge in [-0.3, -0.25) is 9.78 Å². The summed E-state index contributed by atoms with van der Waals surface area (Å²) in [7, 11) is 3.14. The van der Waals surface area contributed by atoms with Crippen molar-refractivity contribution < 1.29 is 23.8 Å². The largest absolute Gasteiger partial charge is 0.497 e. The Bertz CT molecular complexity index is 1210. The summed E-state index contributed by atoms with van der Waals surface area (Å²) in [6, 6.07) is 12.5. The normalized spacial score (nSPS) is 16.8. The number of esters is 1. The predicted molar refractivity (Wildman–Crippen MR) is 137 cm³/mol. The van der Waals surface area contributed by atoms with Crippen LogP contribution < -0.4 is 10.1 Å². The van der Waals surface area contributed by atoms with Crippen molar-refractivity contribution in [1.29, 1.82) is 0 Å². The summed E-state index contributed by atoms with van der Waals surface area (Å²) in [4.78, 5) is 36.9. The van der Waals surface area contributed by atoms with E-state index in [4.69, 9.17) is 14.2 Å². The van der Waals surface area contributed by atoms with Gasteiger partial charge in [-0.15, -0.1) is 0 Å². The lowest BCUT2D eigenvalue weighted by Crippen LogP contribution is -2.38. The van der Waals surface area contributed by atoms with Gasteiger partial charge in [-0.05, 0) is 42.2 Å². The van der Waals surface area contributed by atoms with Gasteiger partial charge < -0.3 is 24.4 Å². The van der Waals surface area contributed by atoms with Gasteiger partial charge in [-0.1, -0.05) is 30.0 Å². The third-order valence-corrected chi connectivity index (χ3v) is 6.57. The van der Waals surface area contributed by atoms with Crippen LogP contribution in [-0.2, 0) is 25.6 Å². The van der Waals surface area contributed by atoms with Crippen molar-refractivity contribution in [3.05, 3.63) is 82.3 Å². The highest BCUT2D eigenvalue weighted by Gasteiger charge is 2.41. The zero-order valence-corrected chi connectivity index (χ0v) is 21.2. The first-order valence-corrected chi connectivity index (χ1v) is 12.3. The molecule has 0 fully saturated rings. The molecule has 0 bridgehead atoms. The Morgan fingerprint density at radius 3 is 2.75 bits per heavy atom. The quantitative estimate of drug-likeness (QED) is 0.384. The van der Waals surface area contributed by atoms with Crippen molar-refractivity contribution in [2.75, 3.05) is 27.4 Å². The van der Waals surface area contributed by atoms with Gasteiger partial charge in [0.2, 0.25) is 5.91 Å². The number of thioether (sulfide) groups is 1. The second-order valence-electron chi connectivity index (χ2n) is 8.07. The Kier molecular flexibility index (Phi) is 8.40. The summed E-state index contributed by atoms with van der Waals surface area (Å²) in [6.07, 6.45) is 1.80. The van der Waals surface area contributed by atoms with E-state index < -0.39 is 12.0 Å². The van der Waals surface area contributed by atoms with Gasteiger partial charge in [0, 0.05) is 19.0 Å². The molecule has 0 saturated heterocycles. The Morgan fingerprint density at radius 1 is 1.14 bits per heavy atom. The van der Waals surface area contributed by atoms with Crippen molar-refractivity contribution >= 4 is 28.8 Å². The monoisotopic (exact) mass is 508 g/mol. The van der Waals surface area contributed by atoms with Crippen LogP contribution in [-0.4, -0.2) is 54.4 Å². The van der Waals surface area contributed by atoms with Crippen molar-refractivity contribution in [1.82, 2.24) is 15.2 Å². The van der Waals surface area contributed by atoms with E-state index >= 15 is 0 Å². The zero-order chi connectivity index (χ0) is 25.5. The van der Waals surface area contributed by atoms with Crippen LogP contribution in [0.4, 0.5) is 0 Å². The van der Waals surface area contributed by atoms with Gasteiger partial charge in [0.05, 0.1) is 49.7 Å². The molecule has 1 N–H and O–H groups in total. The van der Waals surface area contributed by atoms with Gasteiger partial charge in [0.25, 0.3) is 0 Å². The highest BCUT2D eigenvalue weighted by Crippen LogP contribution is 2.45. The fourth-order valence-corrected chi connectivity index (χ4v) is 4.94. The summed E-state index contributed by atoms with van der Waals surface area (Å²) >= 11 is 1.42. The van der Waals surface area contributed by atoms with E-state index in [1.54, 1.807) is 27.3 Å². The topological polar surface area (TPSA) is 102 Å². The average molecular weight is 509 g/mol. The van der Waals surface area contributed by atoms with Crippen molar-refractivity contribution in [3.8, 4) is 5.75 Å². The minimum Gasteiger partial charge on any atom is -0.497 e. The second-order valence-corrected chi connectivity index (χ2v) is 8.91. The smallest absolute Gasteiger partial charge is 0.338 e. The third-order valence-electron chi connectivity index (χ3n) is 5.69. The Balaban J connectivity index is 1.61. The number of aromatic nitrogens is 1. The van der Waals surface area contributed by atoms with Gasteiger partial charge in [-0.2, -0.15) is 0 Å². The molecule has 1 atom stereocenters. The Morgan fingerprint density at radius 2 is 2.00 bits per heavy atom. The minimum atomic E-state index is -0.535. The lowest BCUT2D eigenvalue weighted by Gasteiger charge is -2.36. The molecule has 9 nitrogen and oxygen atoms in total. The fourth-order valence-electron chi connectivity index (χ4n) is 3.97. The number of carbonyl (C=O) groups is 2. The molecule has 0 spiro atoms. The molecule has 1 aromatic heterocycles. The molecule has 0 radical (unpaired) electrons. The number of allylic oxidation sites excluding steroid dienone is 1. The molecular weight excluding hydrogens is 480 g/mol. The number of pyridine rings is 1. The third kappa shape index (κ3) is 5.77. The molecule has 2 aliphatic heterocycles. The average Bonchev–Trinajstić information content (AvgIpc) is 3.29. The number of amides is 1. The zero-order valence-electron chi connectivity index (χ0n) is 20.4. The summed E-state index contributed by atoms with van der Waals surface area (Å²) in [5.74, 6) is 0.0245. The molecule has 36 heavy (non-hydrogen) atoms. The Hall–Kier alpha value is -3.63. The van der Waals surface area contributed by atoms with Crippen LogP contribution >= 0.6 is 11.8 Å². The minimum absolute atomic E-state index is 0.115. The van der Waals surface area contributed by atoms with Crippen LogP contribution in [0.3, 0.4) is 0 Å². The van der Waals surface area contributed by atoms with E-state index in [0.29, 0.717) is 28.7 Å². The van der Waals surface area contributed by atoms with Crippen LogP contribution in [0.2, 0.25) is 0 Å². The van der Waals surface area contributed by atoms with E-state index in [9.17, 15) is 9.59 Å². The van der Waals surface area contributed by atoms with Gasteiger partial charge in [0.1, 0.15) is 12.4 Å². The van der Waals surface area contributed by atoms with Crippen LogP contribution in [0.5, 0.6) is 5.75 Å². The van der Waals surface area contributed by atoms with E-state index in [0.717, 1.165) is 17.0 Å². The SMILES string of the molecule is COCCOC(=O)C1=C(C)N=C2SC=C(CC(=O)NCc3ccccn3)N2C1c1cccc(OC)c1. The molecule has 3 heterocycles. The maximum absolute atomic E-state index is 13.2. The fraction of sp³-hybridized carbons (Fsp3) is 0.308. The number of nitrogens with one attached hydrogen (secondary N) is 1. The van der Waals surface area contributed by atoms with Crippen LogP contribution in [0.15, 0.2) is 76.0 Å². The van der Waals surface area contributed by atoms with Crippen LogP contribution in [0.25, 0.3) is 0 Å². The number of nitrogens with zero attached hydrogens (tertiary/aromatic N) is 3. The Labute approximate surface area is 214 Å². The molecular formula is C26H28N4O5S. The molecule has 10 heteroatoms. The highest BCUT2D eigenvalue weighted by atomic mass is 32.2. The lowest BCUT2D eigenvalue weighted by molar-refractivity contribution is -0.141. The maximum atomic E-state index is 13.2. The first-order valence-electron chi connectivity index (χ1n) is 11.4. The predicted octanol–water partition coefficient (Wildman–Crippen LogP) is 3.56. The van der Waals surface area contributed by atoms with Gasteiger partial charge in [0.15, 0.2) is 5.17 Å².